The van der Waals surface area contributed by atoms with Gasteiger partial charge in [-0.2, -0.15) is 0 Å². The Balaban J connectivity index is 1.55. The number of anilines is 1. The Labute approximate surface area is 187 Å². The number of carbonyl (C=O) groups is 2. The normalized spacial score (nSPS) is 16.4. The maximum atomic E-state index is 13.2. The van der Waals surface area contributed by atoms with E-state index in [1.807, 2.05) is 18.3 Å². The first-order valence-electron chi connectivity index (χ1n) is 10.2. The summed E-state index contributed by atoms with van der Waals surface area (Å²) in [6.07, 6.45) is 3.14. The third-order valence-corrected chi connectivity index (χ3v) is 5.56. The Morgan fingerprint density at radius 1 is 1.16 bits per heavy atom. The molecule has 1 fully saturated rings. The van der Waals surface area contributed by atoms with Crippen LogP contribution in [0.15, 0.2) is 48.8 Å². The molecular formula is C22H28ClN5O3. The topological polar surface area (TPSA) is 86.8 Å². The van der Waals surface area contributed by atoms with Gasteiger partial charge >= 0.3 is 6.03 Å². The highest BCUT2D eigenvalue weighted by atomic mass is 35.5. The molecule has 166 valence electrons. The minimum Gasteiger partial charge on any atom is -0.379 e. The standard InChI is InChI=1S/C22H28ClN5O3/c1-16(31-2)20(26-22(30)25-19-7-5-18(23)6-8-19)21(29)28-12-10-27(11-13-28)15-17-4-3-9-24-14-17/h3-9,14,16,20H,10-13,15H2,1-2H3,(H2,25,26,30). The molecule has 8 nitrogen and oxygen atoms in total. The van der Waals surface area contributed by atoms with Crippen LogP contribution < -0.4 is 10.6 Å². The van der Waals surface area contributed by atoms with Crippen molar-refractivity contribution in [3.8, 4) is 0 Å². The number of rotatable bonds is 7. The van der Waals surface area contributed by atoms with Crippen LogP contribution in [-0.2, 0) is 16.1 Å². The molecule has 2 atom stereocenters. The lowest BCUT2D eigenvalue weighted by Crippen LogP contribution is -2.58. The monoisotopic (exact) mass is 445 g/mol. The number of amides is 3. The predicted molar refractivity (Wildman–Crippen MR) is 120 cm³/mol. The van der Waals surface area contributed by atoms with Crippen LogP contribution in [0.25, 0.3) is 0 Å². The Kier molecular flexibility index (Phi) is 8.22. The number of piperazine rings is 1. The highest BCUT2D eigenvalue weighted by molar-refractivity contribution is 6.30. The summed E-state index contributed by atoms with van der Waals surface area (Å²) in [6, 6.07) is 9.46. The van der Waals surface area contributed by atoms with Gasteiger partial charge in [0.15, 0.2) is 0 Å². The molecule has 2 heterocycles. The lowest BCUT2D eigenvalue weighted by atomic mass is 10.1. The first kappa shape index (κ1) is 23.0. The number of hydrogen-bond acceptors (Lipinski definition) is 5. The summed E-state index contributed by atoms with van der Waals surface area (Å²) in [5.74, 6) is -0.151. The molecule has 1 aromatic heterocycles. The Hall–Kier alpha value is -2.68. The van der Waals surface area contributed by atoms with Gasteiger partial charge in [0, 0.05) is 62.9 Å². The van der Waals surface area contributed by atoms with E-state index in [0.29, 0.717) is 23.8 Å². The molecule has 0 bridgehead atoms. The zero-order chi connectivity index (χ0) is 22.2. The first-order valence-corrected chi connectivity index (χ1v) is 10.6. The second kappa shape index (κ2) is 11.1. The van der Waals surface area contributed by atoms with Gasteiger partial charge in [-0.15, -0.1) is 0 Å². The van der Waals surface area contributed by atoms with Crippen LogP contribution in [0.1, 0.15) is 12.5 Å². The van der Waals surface area contributed by atoms with Crippen molar-refractivity contribution < 1.29 is 14.3 Å². The van der Waals surface area contributed by atoms with Crippen LogP contribution in [-0.4, -0.2) is 72.2 Å². The fourth-order valence-corrected chi connectivity index (χ4v) is 3.56. The third-order valence-electron chi connectivity index (χ3n) is 5.31. The van der Waals surface area contributed by atoms with Crippen LogP contribution in [0, 0.1) is 0 Å². The van der Waals surface area contributed by atoms with Crippen molar-refractivity contribution in [2.45, 2.75) is 25.6 Å². The van der Waals surface area contributed by atoms with Gasteiger partial charge in [-0.3, -0.25) is 14.7 Å². The van der Waals surface area contributed by atoms with Crippen molar-refractivity contribution >= 4 is 29.2 Å². The van der Waals surface area contributed by atoms with E-state index in [-0.39, 0.29) is 5.91 Å². The maximum Gasteiger partial charge on any atom is 0.319 e. The molecule has 0 saturated carbocycles. The highest BCUT2D eigenvalue weighted by Crippen LogP contribution is 2.14. The van der Waals surface area contributed by atoms with Crippen molar-refractivity contribution in [2.24, 2.45) is 0 Å². The van der Waals surface area contributed by atoms with E-state index in [1.54, 1.807) is 42.3 Å². The number of benzene rings is 1. The molecule has 1 aromatic carbocycles. The van der Waals surface area contributed by atoms with Gasteiger partial charge in [-0.25, -0.2) is 4.79 Å². The summed E-state index contributed by atoms with van der Waals surface area (Å²) < 4.78 is 5.37. The van der Waals surface area contributed by atoms with Crippen molar-refractivity contribution in [3.63, 3.8) is 0 Å². The number of nitrogens with one attached hydrogen (secondary N) is 2. The van der Waals surface area contributed by atoms with E-state index >= 15 is 0 Å². The van der Waals surface area contributed by atoms with Gasteiger partial charge in [0.25, 0.3) is 0 Å². The average molecular weight is 446 g/mol. The molecule has 0 spiro atoms. The number of aromatic nitrogens is 1. The van der Waals surface area contributed by atoms with E-state index in [9.17, 15) is 9.59 Å². The van der Waals surface area contributed by atoms with Crippen LogP contribution >= 0.6 is 11.6 Å². The number of carbonyl (C=O) groups excluding carboxylic acids is 2. The predicted octanol–water partition coefficient (Wildman–Crippen LogP) is 2.60. The van der Waals surface area contributed by atoms with Crippen LogP contribution in [0.3, 0.4) is 0 Å². The van der Waals surface area contributed by atoms with Crippen molar-refractivity contribution in [1.82, 2.24) is 20.1 Å². The van der Waals surface area contributed by atoms with Gasteiger partial charge in [0.05, 0.1) is 6.10 Å². The van der Waals surface area contributed by atoms with Gasteiger partial charge in [-0.05, 0) is 42.8 Å². The van der Waals surface area contributed by atoms with E-state index in [0.717, 1.165) is 25.2 Å². The molecule has 3 rings (SSSR count). The lowest BCUT2D eigenvalue weighted by molar-refractivity contribution is -0.138. The highest BCUT2D eigenvalue weighted by Gasteiger charge is 2.32. The Morgan fingerprint density at radius 2 is 1.87 bits per heavy atom. The molecule has 0 aliphatic carbocycles. The number of ether oxygens (including phenoxy) is 1. The molecule has 1 aliphatic rings. The van der Waals surface area contributed by atoms with E-state index in [1.165, 1.54) is 7.11 Å². The molecule has 0 radical (unpaired) electrons. The average Bonchev–Trinajstić information content (AvgIpc) is 2.79. The van der Waals surface area contributed by atoms with Gasteiger partial charge in [0.2, 0.25) is 5.91 Å². The minimum absolute atomic E-state index is 0.151. The van der Waals surface area contributed by atoms with Gasteiger partial charge < -0.3 is 20.3 Å². The number of hydrogen-bond donors (Lipinski definition) is 2. The van der Waals surface area contributed by atoms with Crippen molar-refractivity contribution in [2.75, 3.05) is 38.6 Å². The number of pyridine rings is 1. The smallest absolute Gasteiger partial charge is 0.319 e. The molecule has 2 N–H and O–H groups in total. The van der Waals surface area contributed by atoms with Crippen molar-refractivity contribution in [1.29, 1.82) is 0 Å². The molecule has 2 unspecified atom stereocenters. The molecule has 2 aromatic rings. The third kappa shape index (κ3) is 6.65. The summed E-state index contributed by atoms with van der Waals surface area (Å²) in [5, 5.41) is 6.06. The molecule has 1 aliphatic heterocycles. The molecular weight excluding hydrogens is 418 g/mol. The molecule has 31 heavy (non-hydrogen) atoms. The Bertz CT molecular complexity index is 857. The number of methoxy groups -OCH3 is 1. The first-order chi connectivity index (χ1) is 15.0. The Morgan fingerprint density at radius 3 is 2.48 bits per heavy atom. The molecule has 3 amide bonds. The van der Waals surface area contributed by atoms with Gasteiger partial charge in [-0.1, -0.05) is 17.7 Å². The number of urea groups is 1. The lowest BCUT2D eigenvalue weighted by Gasteiger charge is -2.37. The SMILES string of the molecule is COC(C)C(NC(=O)Nc1ccc(Cl)cc1)C(=O)N1CCN(Cc2cccnc2)CC1. The second-order valence-electron chi connectivity index (χ2n) is 7.49. The molecule has 9 heteroatoms. The zero-order valence-electron chi connectivity index (χ0n) is 17.8. The van der Waals surface area contributed by atoms with Crippen LogP contribution in [0.5, 0.6) is 0 Å². The minimum atomic E-state index is -0.790. The fraction of sp³-hybridized carbons (Fsp3) is 0.409. The number of nitrogens with zero attached hydrogens (tertiary/aromatic N) is 3. The zero-order valence-corrected chi connectivity index (χ0v) is 18.5. The van der Waals surface area contributed by atoms with E-state index in [2.05, 4.69) is 20.5 Å². The summed E-state index contributed by atoms with van der Waals surface area (Å²) in [4.78, 5) is 33.8. The van der Waals surface area contributed by atoms with Crippen molar-refractivity contribution in [3.05, 3.63) is 59.4 Å². The van der Waals surface area contributed by atoms with Crippen LogP contribution in [0.2, 0.25) is 5.02 Å². The van der Waals surface area contributed by atoms with E-state index in [4.69, 9.17) is 16.3 Å². The largest absolute Gasteiger partial charge is 0.379 e. The maximum absolute atomic E-state index is 13.2. The summed E-state index contributed by atoms with van der Waals surface area (Å²) in [7, 11) is 1.52. The quantitative estimate of drug-likeness (QED) is 0.684. The van der Waals surface area contributed by atoms with Crippen LogP contribution in [0.4, 0.5) is 10.5 Å². The fourth-order valence-electron chi connectivity index (χ4n) is 3.43. The summed E-state index contributed by atoms with van der Waals surface area (Å²) in [5.41, 5.74) is 1.73. The van der Waals surface area contributed by atoms with Gasteiger partial charge in [0.1, 0.15) is 6.04 Å². The molecule has 1 saturated heterocycles. The van der Waals surface area contributed by atoms with E-state index < -0.39 is 18.2 Å². The summed E-state index contributed by atoms with van der Waals surface area (Å²) in [6.45, 7) is 5.26. The number of halogens is 1. The second-order valence-corrected chi connectivity index (χ2v) is 7.92. The summed E-state index contributed by atoms with van der Waals surface area (Å²) >= 11 is 5.87.